The first-order valence-corrected chi connectivity index (χ1v) is 10.5. The lowest BCUT2D eigenvalue weighted by Gasteiger charge is -2.43. The number of hydrogen-bond donors (Lipinski definition) is 0. The quantitative estimate of drug-likeness (QED) is 0.717. The topological polar surface area (TPSA) is 42.4 Å². The molecule has 1 saturated carbocycles. The maximum Gasteiger partial charge on any atom is 0.273 e. The van der Waals surface area contributed by atoms with E-state index < -0.39 is 0 Å². The lowest BCUT2D eigenvalue weighted by Crippen LogP contribution is -2.49. The smallest absolute Gasteiger partial charge is 0.273 e. The molecule has 4 rings (SSSR count). The van der Waals surface area contributed by atoms with Crippen LogP contribution in [0.5, 0.6) is 5.75 Å². The number of rotatable bonds is 3. The highest BCUT2D eigenvalue weighted by molar-refractivity contribution is 7.13. The second kappa shape index (κ2) is 7.57. The summed E-state index contributed by atoms with van der Waals surface area (Å²) in [6.07, 6.45) is 7.31. The number of ether oxygens (including phenoxy) is 1. The van der Waals surface area contributed by atoms with Crippen molar-refractivity contribution in [2.75, 3.05) is 13.7 Å². The third-order valence-electron chi connectivity index (χ3n) is 5.62. The van der Waals surface area contributed by atoms with Crippen LogP contribution < -0.4 is 4.74 Å². The Morgan fingerprint density at radius 1 is 1.27 bits per heavy atom. The molecule has 1 aliphatic carbocycles. The highest BCUT2D eigenvalue weighted by atomic mass is 35.5. The van der Waals surface area contributed by atoms with Gasteiger partial charge in [0.25, 0.3) is 5.91 Å². The Hall–Kier alpha value is -1.59. The first-order valence-electron chi connectivity index (χ1n) is 9.28. The third kappa shape index (κ3) is 3.35. The Morgan fingerprint density at radius 2 is 2.08 bits per heavy atom. The summed E-state index contributed by atoms with van der Waals surface area (Å²) in [6.45, 7) is 0.858. The van der Waals surface area contributed by atoms with Crippen LogP contribution in [0.2, 0.25) is 5.02 Å². The van der Waals surface area contributed by atoms with Crippen molar-refractivity contribution in [2.24, 2.45) is 5.92 Å². The average molecular weight is 391 g/mol. The summed E-state index contributed by atoms with van der Waals surface area (Å²) < 4.78 is 5.42. The van der Waals surface area contributed by atoms with Gasteiger partial charge in [-0.25, -0.2) is 4.98 Å². The van der Waals surface area contributed by atoms with Gasteiger partial charge in [-0.3, -0.25) is 4.79 Å². The number of methoxy groups -OCH3 is 1. The second-order valence-electron chi connectivity index (χ2n) is 7.14. The molecule has 1 amide bonds. The Labute approximate surface area is 163 Å². The van der Waals surface area contributed by atoms with Crippen molar-refractivity contribution < 1.29 is 9.53 Å². The van der Waals surface area contributed by atoms with Gasteiger partial charge < -0.3 is 9.64 Å². The van der Waals surface area contributed by atoms with Gasteiger partial charge in [0.1, 0.15) is 16.5 Å². The van der Waals surface area contributed by atoms with Crippen molar-refractivity contribution in [3.05, 3.63) is 34.3 Å². The van der Waals surface area contributed by atoms with Crippen molar-refractivity contribution in [3.8, 4) is 16.3 Å². The minimum atomic E-state index is 0.0806. The molecule has 1 aromatic carbocycles. The number of benzene rings is 1. The Kier molecular flexibility index (Phi) is 5.18. The number of carbonyl (C=O) groups is 1. The van der Waals surface area contributed by atoms with E-state index in [1.807, 2.05) is 17.5 Å². The fraction of sp³-hybridized carbons (Fsp3) is 0.500. The van der Waals surface area contributed by atoms with Gasteiger partial charge in [0, 0.05) is 23.0 Å². The molecule has 1 aliphatic heterocycles. The number of nitrogens with zero attached hydrogens (tertiary/aromatic N) is 2. The molecule has 0 N–H and O–H groups in total. The molecule has 2 unspecified atom stereocenters. The van der Waals surface area contributed by atoms with E-state index in [-0.39, 0.29) is 5.91 Å². The summed E-state index contributed by atoms with van der Waals surface area (Å²) in [5.41, 5.74) is 1.42. The highest BCUT2D eigenvalue weighted by Gasteiger charge is 2.36. The van der Waals surface area contributed by atoms with Gasteiger partial charge in [-0.15, -0.1) is 11.3 Å². The van der Waals surface area contributed by atoms with Crippen molar-refractivity contribution in [2.45, 2.75) is 44.6 Å². The van der Waals surface area contributed by atoms with Crippen molar-refractivity contribution in [3.63, 3.8) is 0 Å². The third-order valence-corrected chi connectivity index (χ3v) is 6.73. The lowest BCUT2D eigenvalue weighted by atomic mass is 9.78. The van der Waals surface area contributed by atoms with E-state index in [0.717, 1.165) is 30.0 Å². The van der Waals surface area contributed by atoms with Gasteiger partial charge in [0.15, 0.2) is 0 Å². The molecule has 2 aromatic rings. The van der Waals surface area contributed by atoms with Crippen LogP contribution in [0.1, 0.15) is 49.0 Å². The Bertz CT molecular complexity index is 805. The van der Waals surface area contributed by atoms with Crippen LogP contribution in [-0.4, -0.2) is 35.5 Å². The number of carbonyl (C=O) groups excluding carboxylic acids is 1. The minimum absolute atomic E-state index is 0.0806. The standard InChI is InChI=1S/C20H23ClN2O2S/c1-25-18-11-14(21)8-9-15(18)19-22-16(12-26-19)20(24)23-10-4-6-13-5-2-3-7-17(13)23/h8-9,11-13,17H,2-7,10H2,1H3. The van der Waals surface area contributed by atoms with Gasteiger partial charge in [-0.05, 0) is 49.8 Å². The molecule has 2 aliphatic rings. The molecule has 1 aromatic heterocycles. The van der Waals surface area contributed by atoms with Gasteiger partial charge >= 0.3 is 0 Å². The fourth-order valence-electron chi connectivity index (χ4n) is 4.36. The second-order valence-corrected chi connectivity index (χ2v) is 8.43. The van der Waals surface area contributed by atoms with Gasteiger partial charge in [0.2, 0.25) is 0 Å². The zero-order chi connectivity index (χ0) is 18.1. The average Bonchev–Trinajstić information content (AvgIpc) is 3.16. The van der Waals surface area contributed by atoms with Crippen molar-refractivity contribution in [1.82, 2.24) is 9.88 Å². The molecule has 26 heavy (non-hydrogen) atoms. The lowest BCUT2D eigenvalue weighted by molar-refractivity contribution is 0.0386. The Morgan fingerprint density at radius 3 is 2.92 bits per heavy atom. The Balaban J connectivity index is 1.59. The molecule has 2 fully saturated rings. The number of fused-ring (bicyclic) bond motifs is 1. The summed E-state index contributed by atoms with van der Waals surface area (Å²) in [5, 5.41) is 3.28. The number of amides is 1. The monoisotopic (exact) mass is 390 g/mol. The number of hydrogen-bond acceptors (Lipinski definition) is 4. The van der Waals surface area contributed by atoms with Crippen LogP contribution in [0.4, 0.5) is 0 Å². The first-order chi connectivity index (χ1) is 12.7. The maximum absolute atomic E-state index is 13.1. The van der Waals surface area contributed by atoms with Gasteiger partial charge in [0.05, 0.1) is 12.7 Å². The summed E-state index contributed by atoms with van der Waals surface area (Å²) in [5.74, 6) is 1.43. The van der Waals surface area contributed by atoms with Crippen LogP contribution in [-0.2, 0) is 0 Å². The van der Waals surface area contributed by atoms with E-state index in [9.17, 15) is 4.79 Å². The van der Waals surface area contributed by atoms with Crippen molar-refractivity contribution >= 4 is 28.8 Å². The zero-order valence-corrected chi connectivity index (χ0v) is 16.5. The molecule has 0 spiro atoms. The SMILES string of the molecule is COc1cc(Cl)ccc1-c1nc(C(=O)N2CCCC3CCCCC32)cs1. The molecule has 0 bridgehead atoms. The molecule has 6 heteroatoms. The van der Waals surface area contributed by atoms with Crippen LogP contribution in [0.15, 0.2) is 23.6 Å². The van der Waals surface area contributed by atoms with E-state index in [4.69, 9.17) is 16.3 Å². The summed E-state index contributed by atoms with van der Waals surface area (Å²) in [7, 11) is 1.62. The van der Waals surface area contributed by atoms with E-state index in [0.29, 0.717) is 28.4 Å². The predicted octanol–water partition coefficient (Wildman–Crippen LogP) is 5.27. The zero-order valence-electron chi connectivity index (χ0n) is 14.9. The van der Waals surface area contributed by atoms with Crippen LogP contribution in [0.3, 0.4) is 0 Å². The summed E-state index contributed by atoms with van der Waals surface area (Å²) in [4.78, 5) is 19.8. The van der Waals surface area contributed by atoms with E-state index in [2.05, 4.69) is 9.88 Å². The fourth-order valence-corrected chi connectivity index (χ4v) is 5.35. The number of thiazole rings is 1. The minimum Gasteiger partial charge on any atom is -0.496 e. The van der Waals surface area contributed by atoms with E-state index in [1.54, 1.807) is 13.2 Å². The first kappa shape index (κ1) is 17.8. The van der Waals surface area contributed by atoms with E-state index in [1.165, 1.54) is 37.0 Å². The summed E-state index contributed by atoms with van der Waals surface area (Å²) >= 11 is 7.53. The molecule has 0 radical (unpaired) electrons. The summed E-state index contributed by atoms with van der Waals surface area (Å²) in [6, 6.07) is 5.89. The largest absolute Gasteiger partial charge is 0.496 e. The highest BCUT2D eigenvalue weighted by Crippen LogP contribution is 2.37. The van der Waals surface area contributed by atoms with E-state index >= 15 is 0 Å². The molecule has 138 valence electrons. The molecule has 2 heterocycles. The molecule has 1 saturated heterocycles. The number of likely N-dealkylation sites (tertiary alicyclic amines) is 1. The molecular formula is C20H23ClN2O2S. The number of piperidine rings is 1. The maximum atomic E-state index is 13.1. The van der Waals surface area contributed by atoms with Gasteiger partial charge in [-0.2, -0.15) is 0 Å². The number of aromatic nitrogens is 1. The van der Waals surface area contributed by atoms with Crippen LogP contribution in [0, 0.1) is 5.92 Å². The number of halogens is 1. The molecule has 4 nitrogen and oxygen atoms in total. The van der Waals surface area contributed by atoms with Crippen LogP contribution in [0.25, 0.3) is 10.6 Å². The van der Waals surface area contributed by atoms with Gasteiger partial charge in [-0.1, -0.05) is 24.4 Å². The molecule has 2 atom stereocenters. The normalized spacial score (nSPS) is 22.8. The van der Waals surface area contributed by atoms with Crippen molar-refractivity contribution in [1.29, 1.82) is 0 Å². The molecular weight excluding hydrogens is 368 g/mol. The predicted molar refractivity (Wildman–Crippen MR) is 105 cm³/mol. The van der Waals surface area contributed by atoms with Crippen LogP contribution >= 0.6 is 22.9 Å².